The number of aliphatic carboxylic acids is 1. The van der Waals surface area contributed by atoms with Crippen molar-refractivity contribution in [3.05, 3.63) is 0 Å². The van der Waals surface area contributed by atoms with Crippen molar-refractivity contribution in [1.82, 2.24) is 4.90 Å². The van der Waals surface area contributed by atoms with E-state index in [1.165, 1.54) is 4.90 Å². The first-order chi connectivity index (χ1) is 4.45. The minimum absolute atomic E-state index is 0.398. The van der Waals surface area contributed by atoms with E-state index < -0.39 is 11.6 Å². The van der Waals surface area contributed by atoms with Gasteiger partial charge in [-0.25, -0.2) is 4.79 Å². The molecule has 0 aromatic rings. The molecule has 0 rings (SSSR count). The molecule has 1 unspecified atom stereocenters. The Balaban J connectivity index is 4.38. The lowest BCUT2D eigenvalue weighted by Crippen LogP contribution is -2.58. The second-order valence-corrected chi connectivity index (χ2v) is 2.48. The van der Waals surface area contributed by atoms with Crippen LogP contribution in [0.15, 0.2) is 0 Å². The second-order valence-electron chi connectivity index (χ2n) is 2.48. The van der Waals surface area contributed by atoms with Crippen LogP contribution >= 0.6 is 0 Å². The molecule has 0 aliphatic carbocycles. The fourth-order valence-corrected chi connectivity index (χ4v) is 0.659. The third-order valence-corrected chi connectivity index (χ3v) is 1.71. The molecule has 10 heavy (non-hydrogen) atoms. The zero-order valence-electron chi connectivity index (χ0n) is 6.59. The number of nitrogens with zero attached hydrogens (tertiary/aromatic N) is 1. The highest BCUT2D eigenvalue weighted by atomic mass is 16.4. The topological polar surface area (TPSA) is 66.6 Å². The van der Waals surface area contributed by atoms with E-state index in [1.54, 1.807) is 21.0 Å². The summed E-state index contributed by atoms with van der Waals surface area (Å²) in [5.74, 6) is -0.986. The lowest BCUT2D eigenvalue weighted by molar-refractivity contribution is -0.149. The minimum Gasteiger partial charge on any atom is -0.479 e. The molecule has 0 bridgehead atoms. The Kier molecular flexibility index (Phi) is 2.80. The largest absolute Gasteiger partial charge is 0.479 e. The molecule has 1 atom stereocenters. The first kappa shape index (κ1) is 9.39. The molecule has 0 amide bonds. The third kappa shape index (κ3) is 1.46. The van der Waals surface area contributed by atoms with E-state index in [-0.39, 0.29) is 0 Å². The van der Waals surface area contributed by atoms with E-state index in [0.29, 0.717) is 6.42 Å². The molecule has 0 aromatic heterocycles. The van der Waals surface area contributed by atoms with Crippen molar-refractivity contribution in [3.63, 3.8) is 0 Å². The average Bonchev–Trinajstić information content (AvgIpc) is 1.85. The molecule has 4 heteroatoms. The van der Waals surface area contributed by atoms with E-state index in [1.807, 2.05) is 0 Å². The standard InChI is InChI=1S/C6H14N2O2/c1-4-6(7,5(9)10)8(2)3/h4,7H2,1-3H3,(H,9,10). The molecule has 0 aliphatic heterocycles. The van der Waals surface area contributed by atoms with Crippen molar-refractivity contribution >= 4 is 5.97 Å². The van der Waals surface area contributed by atoms with Gasteiger partial charge in [0.05, 0.1) is 0 Å². The van der Waals surface area contributed by atoms with E-state index in [0.717, 1.165) is 0 Å². The summed E-state index contributed by atoms with van der Waals surface area (Å²) in [4.78, 5) is 12.0. The number of carboxylic acid groups (broad SMARTS) is 1. The molecule has 0 radical (unpaired) electrons. The predicted molar refractivity (Wildman–Crippen MR) is 38.5 cm³/mol. The average molecular weight is 146 g/mol. The zero-order valence-corrected chi connectivity index (χ0v) is 6.59. The fraction of sp³-hybridized carbons (Fsp3) is 0.833. The minimum atomic E-state index is -1.21. The monoisotopic (exact) mass is 146 g/mol. The molecular weight excluding hydrogens is 132 g/mol. The first-order valence-corrected chi connectivity index (χ1v) is 3.15. The molecule has 0 saturated carbocycles. The van der Waals surface area contributed by atoms with Gasteiger partial charge in [-0.3, -0.25) is 4.90 Å². The Bertz CT molecular complexity index is 136. The number of nitrogens with two attached hydrogens (primary N) is 1. The van der Waals surface area contributed by atoms with Gasteiger partial charge in [-0.05, 0) is 20.5 Å². The van der Waals surface area contributed by atoms with Crippen molar-refractivity contribution < 1.29 is 9.90 Å². The van der Waals surface area contributed by atoms with Gasteiger partial charge in [-0.2, -0.15) is 0 Å². The molecular formula is C6H14N2O2. The Morgan fingerprint density at radius 3 is 2.10 bits per heavy atom. The van der Waals surface area contributed by atoms with Gasteiger partial charge < -0.3 is 10.8 Å². The molecule has 0 saturated heterocycles. The maximum Gasteiger partial charge on any atom is 0.338 e. The number of hydrogen-bond donors (Lipinski definition) is 2. The zero-order chi connectivity index (χ0) is 8.36. The van der Waals surface area contributed by atoms with Crippen LogP contribution in [0.4, 0.5) is 0 Å². The Labute approximate surface area is 60.6 Å². The van der Waals surface area contributed by atoms with E-state index in [2.05, 4.69) is 0 Å². The van der Waals surface area contributed by atoms with E-state index in [9.17, 15) is 4.79 Å². The van der Waals surface area contributed by atoms with Gasteiger partial charge in [-0.15, -0.1) is 0 Å². The lowest BCUT2D eigenvalue weighted by atomic mass is 10.1. The summed E-state index contributed by atoms with van der Waals surface area (Å²) in [7, 11) is 3.30. The van der Waals surface area contributed by atoms with Crippen molar-refractivity contribution in [2.24, 2.45) is 5.73 Å². The number of rotatable bonds is 3. The van der Waals surface area contributed by atoms with Crippen molar-refractivity contribution in [2.45, 2.75) is 19.0 Å². The van der Waals surface area contributed by atoms with Gasteiger partial charge in [0, 0.05) is 0 Å². The van der Waals surface area contributed by atoms with Gasteiger partial charge in [0.25, 0.3) is 0 Å². The van der Waals surface area contributed by atoms with Crippen LogP contribution in [0.5, 0.6) is 0 Å². The molecule has 0 aliphatic rings. The molecule has 0 heterocycles. The number of carboxylic acids is 1. The van der Waals surface area contributed by atoms with Crippen LogP contribution in [0.1, 0.15) is 13.3 Å². The second kappa shape index (κ2) is 2.98. The summed E-state index contributed by atoms with van der Waals surface area (Å²) >= 11 is 0. The molecule has 0 fully saturated rings. The highest BCUT2D eigenvalue weighted by molar-refractivity contribution is 5.77. The maximum atomic E-state index is 10.5. The summed E-state index contributed by atoms with van der Waals surface area (Å²) in [5.41, 5.74) is 4.30. The Morgan fingerprint density at radius 1 is 1.70 bits per heavy atom. The summed E-state index contributed by atoms with van der Waals surface area (Å²) < 4.78 is 0. The fourth-order valence-electron chi connectivity index (χ4n) is 0.659. The van der Waals surface area contributed by atoms with E-state index in [4.69, 9.17) is 10.8 Å². The highest BCUT2D eigenvalue weighted by Crippen LogP contribution is 2.08. The van der Waals surface area contributed by atoms with Gasteiger partial charge in [-0.1, -0.05) is 6.92 Å². The Hall–Kier alpha value is -0.610. The van der Waals surface area contributed by atoms with Crippen molar-refractivity contribution in [3.8, 4) is 0 Å². The number of carbonyl (C=O) groups is 1. The van der Waals surface area contributed by atoms with Crippen LogP contribution in [-0.2, 0) is 4.79 Å². The van der Waals surface area contributed by atoms with Crippen LogP contribution in [0.25, 0.3) is 0 Å². The first-order valence-electron chi connectivity index (χ1n) is 3.15. The number of likely N-dealkylation sites (N-methyl/N-ethyl adjacent to an activating group) is 1. The summed E-state index contributed by atoms with van der Waals surface area (Å²) in [6.45, 7) is 1.74. The molecule has 0 aromatic carbocycles. The van der Waals surface area contributed by atoms with Gasteiger partial charge >= 0.3 is 5.97 Å². The molecule has 0 spiro atoms. The highest BCUT2D eigenvalue weighted by Gasteiger charge is 2.33. The van der Waals surface area contributed by atoms with Crippen LogP contribution in [0.2, 0.25) is 0 Å². The maximum absolute atomic E-state index is 10.5. The normalized spacial score (nSPS) is 16.9. The van der Waals surface area contributed by atoms with Crippen LogP contribution in [-0.4, -0.2) is 35.7 Å². The van der Waals surface area contributed by atoms with Crippen LogP contribution < -0.4 is 5.73 Å². The Morgan fingerprint density at radius 2 is 2.10 bits per heavy atom. The SMILES string of the molecule is CCC(N)(C(=O)O)N(C)C. The van der Waals surface area contributed by atoms with Crippen LogP contribution in [0.3, 0.4) is 0 Å². The summed E-state index contributed by atoms with van der Waals surface area (Å²) in [6.07, 6.45) is 0.398. The van der Waals surface area contributed by atoms with E-state index >= 15 is 0 Å². The van der Waals surface area contributed by atoms with Crippen molar-refractivity contribution in [1.29, 1.82) is 0 Å². The summed E-state index contributed by atoms with van der Waals surface area (Å²) in [6, 6.07) is 0. The van der Waals surface area contributed by atoms with Crippen LogP contribution in [0, 0.1) is 0 Å². The summed E-state index contributed by atoms with van der Waals surface area (Å²) in [5, 5.41) is 8.64. The molecule has 3 N–H and O–H groups in total. The lowest BCUT2D eigenvalue weighted by Gasteiger charge is -2.30. The van der Waals surface area contributed by atoms with Gasteiger partial charge in [0.15, 0.2) is 5.66 Å². The predicted octanol–water partition coefficient (Wildman–Crippen LogP) is -0.302. The van der Waals surface area contributed by atoms with Crippen molar-refractivity contribution in [2.75, 3.05) is 14.1 Å². The van der Waals surface area contributed by atoms with Gasteiger partial charge in [0.1, 0.15) is 0 Å². The quantitative estimate of drug-likeness (QED) is 0.536. The molecule has 4 nitrogen and oxygen atoms in total. The third-order valence-electron chi connectivity index (χ3n) is 1.71. The number of hydrogen-bond acceptors (Lipinski definition) is 3. The smallest absolute Gasteiger partial charge is 0.338 e. The molecule has 60 valence electrons. The van der Waals surface area contributed by atoms with Gasteiger partial charge in [0.2, 0.25) is 0 Å².